The highest BCUT2D eigenvalue weighted by Gasteiger charge is 2.32. The number of likely N-dealkylation sites (tertiary alicyclic amines) is 1. The Morgan fingerprint density at radius 1 is 1.19 bits per heavy atom. The number of hydrogen-bond acceptors (Lipinski definition) is 3. The Bertz CT molecular complexity index is 602. The Kier molecular flexibility index (Phi) is 8.57. The highest BCUT2D eigenvalue weighted by molar-refractivity contribution is 5.97. The van der Waals surface area contributed by atoms with Crippen LogP contribution in [0.4, 0.5) is 0 Å². The van der Waals surface area contributed by atoms with E-state index in [1.165, 1.54) is 0 Å². The van der Waals surface area contributed by atoms with Crippen molar-refractivity contribution in [3.63, 3.8) is 0 Å². The van der Waals surface area contributed by atoms with Crippen molar-refractivity contribution < 1.29 is 9.59 Å². The Morgan fingerprint density at radius 2 is 1.81 bits per heavy atom. The van der Waals surface area contributed by atoms with Gasteiger partial charge in [0, 0.05) is 24.7 Å². The van der Waals surface area contributed by atoms with Crippen LogP contribution >= 0.6 is 12.4 Å². The molecule has 0 aliphatic carbocycles. The van der Waals surface area contributed by atoms with Crippen LogP contribution in [0.15, 0.2) is 24.3 Å². The van der Waals surface area contributed by atoms with Crippen molar-refractivity contribution in [2.75, 3.05) is 13.1 Å². The minimum absolute atomic E-state index is 0. The van der Waals surface area contributed by atoms with E-state index in [0.717, 1.165) is 24.9 Å². The Morgan fingerprint density at radius 3 is 2.35 bits per heavy atom. The monoisotopic (exact) mass is 381 g/mol. The standard InChI is InChI=1S/C20H31N3O2.ClH/c1-13(2)18(22-19(24)16-9-7-14(3)8-10-16)20(25)23-11-5-6-17(12-23)15(4)21;/h7-10,13,15,17-18H,5-6,11-12,21H2,1-4H3,(H,22,24);1H. The van der Waals surface area contributed by atoms with E-state index in [9.17, 15) is 9.59 Å². The van der Waals surface area contributed by atoms with Gasteiger partial charge in [-0.15, -0.1) is 12.4 Å². The lowest BCUT2D eigenvalue weighted by atomic mass is 9.91. The van der Waals surface area contributed by atoms with Gasteiger partial charge in [0.15, 0.2) is 0 Å². The van der Waals surface area contributed by atoms with Gasteiger partial charge < -0.3 is 16.0 Å². The van der Waals surface area contributed by atoms with Gasteiger partial charge in [-0.25, -0.2) is 0 Å². The summed E-state index contributed by atoms with van der Waals surface area (Å²) in [6, 6.07) is 6.95. The fraction of sp³-hybridized carbons (Fsp3) is 0.600. The number of piperidine rings is 1. The van der Waals surface area contributed by atoms with Gasteiger partial charge >= 0.3 is 0 Å². The molecule has 6 heteroatoms. The maximum atomic E-state index is 13.0. The van der Waals surface area contributed by atoms with Crippen molar-refractivity contribution in [2.45, 2.75) is 52.6 Å². The lowest BCUT2D eigenvalue weighted by molar-refractivity contribution is -0.136. The van der Waals surface area contributed by atoms with Gasteiger partial charge in [0.1, 0.15) is 6.04 Å². The molecule has 1 fully saturated rings. The summed E-state index contributed by atoms with van der Waals surface area (Å²) in [4.78, 5) is 27.4. The molecule has 1 aromatic carbocycles. The second-order valence-electron chi connectivity index (χ2n) is 7.61. The van der Waals surface area contributed by atoms with E-state index in [-0.39, 0.29) is 36.2 Å². The summed E-state index contributed by atoms with van der Waals surface area (Å²) >= 11 is 0. The molecule has 3 N–H and O–H groups in total. The minimum Gasteiger partial charge on any atom is -0.341 e. The van der Waals surface area contributed by atoms with E-state index in [1.807, 2.05) is 44.7 Å². The van der Waals surface area contributed by atoms with Crippen molar-refractivity contribution in [1.82, 2.24) is 10.2 Å². The summed E-state index contributed by atoms with van der Waals surface area (Å²) in [5.74, 6) is 0.157. The van der Waals surface area contributed by atoms with Crippen LogP contribution in [0.25, 0.3) is 0 Å². The van der Waals surface area contributed by atoms with Crippen molar-refractivity contribution in [3.8, 4) is 0 Å². The van der Waals surface area contributed by atoms with E-state index in [0.29, 0.717) is 18.0 Å². The first-order valence-corrected chi connectivity index (χ1v) is 9.21. The van der Waals surface area contributed by atoms with Gasteiger partial charge in [-0.3, -0.25) is 9.59 Å². The van der Waals surface area contributed by atoms with Gasteiger partial charge in [0.05, 0.1) is 0 Å². The first kappa shape index (κ1) is 22.5. The number of nitrogens with two attached hydrogens (primary N) is 1. The predicted octanol–water partition coefficient (Wildman–Crippen LogP) is 2.76. The molecule has 5 nitrogen and oxygen atoms in total. The zero-order valence-electron chi connectivity index (χ0n) is 16.2. The molecule has 1 aliphatic rings. The molecule has 3 unspecified atom stereocenters. The summed E-state index contributed by atoms with van der Waals surface area (Å²) < 4.78 is 0. The molecule has 146 valence electrons. The van der Waals surface area contributed by atoms with E-state index >= 15 is 0 Å². The third kappa shape index (κ3) is 5.71. The molecule has 0 spiro atoms. The second-order valence-corrected chi connectivity index (χ2v) is 7.61. The van der Waals surface area contributed by atoms with Gasteiger partial charge in [0.2, 0.25) is 5.91 Å². The predicted molar refractivity (Wildman–Crippen MR) is 107 cm³/mol. The van der Waals surface area contributed by atoms with E-state index in [2.05, 4.69) is 5.32 Å². The quantitative estimate of drug-likeness (QED) is 0.823. The fourth-order valence-electron chi connectivity index (χ4n) is 3.28. The van der Waals surface area contributed by atoms with Crippen LogP contribution in [0.5, 0.6) is 0 Å². The molecule has 2 rings (SSSR count). The van der Waals surface area contributed by atoms with Crippen LogP contribution in [0.1, 0.15) is 49.5 Å². The number of carbonyl (C=O) groups is 2. The average Bonchev–Trinajstić information content (AvgIpc) is 2.59. The lowest BCUT2D eigenvalue weighted by Crippen LogP contribution is -2.54. The molecule has 0 radical (unpaired) electrons. The molecular weight excluding hydrogens is 350 g/mol. The Balaban J connectivity index is 0.00000338. The molecule has 0 bridgehead atoms. The number of nitrogens with one attached hydrogen (secondary N) is 1. The largest absolute Gasteiger partial charge is 0.341 e. The lowest BCUT2D eigenvalue weighted by Gasteiger charge is -2.37. The highest BCUT2D eigenvalue weighted by atomic mass is 35.5. The summed E-state index contributed by atoms with van der Waals surface area (Å²) in [6.45, 7) is 9.33. The third-order valence-corrected chi connectivity index (χ3v) is 5.05. The van der Waals surface area contributed by atoms with Gasteiger partial charge in [-0.1, -0.05) is 31.5 Å². The molecule has 1 aromatic rings. The summed E-state index contributed by atoms with van der Waals surface area (Å²) in [5.41, 5.74) is 7.71. The third-order valence-electron chi connectivity index (χ3n) is 5.05. The SMILES string of the molecule is Cc1ccc(C(=O)NC(C(=O)N2CCCC(C(C)N)C2)C(C)C)cc1.Cl. The summed E-state index contributed by atoms with van der Waals surface area (Å²) in [6.07, 6.45) is 2.03. The van der Waals surface area contributed by atoms with E-state index in [4.69, 9.17) is 5.73 Å². The fourth-order valence-corrected chi connectivity index (χ4v) is 3.28. The van der Waals surface area contributed by atoms with Crippen LogP contribution in [-0.2, 0) is 4.79 Å². The topological polar surface area (TPSA) is 75.4 Å². The number of halogens is 1. The van der Waals surface area contributed by atoms with Crippen molar-refractivity contribution in [1.29, 1.82) is 0 Å². The molecular formula is C20H32ClN3O2. The van der Waals surface area contributed by atoms with E-state index < -0.39 is 6.04 Å². The number of aryl methyl sites for hydroxylation is 1. The molecule has 26 heavy (non-hydrogen) atoms. The molecule has 1 saturated heterocycles. The number of amides is 2. The number of rotatable bonds is 5. The summed E-state index contributed by atoms with van der Waals surface area (Å²) in [5, 5.41) is 2.93. The maximum absolute atomic E-state index is 13.0. The smallest absolute Gasteiger partial charge is 0.251 e. The van der Waals surface area contributed by atoms with Crippen LogP contribution in [0.3, 0.4) is 0 Å². The molecule has 3 atom stereocenters. The summed E-state index contributed by atoms with van der Waals surface area (Å²) in [7, 11) is 0. The van der Waals surface area contributed by atoms with E-state index in [1.54, 1.807) is 12.1 Å². The Labute approximate surface area is 163 Å². The average molecular weight is 382 g/mol. The Hall–Kier alpha value is -1.59. The van der Waals surface area contributed by atoms with Gasteiger partial charge in [0.25, 0.3) is 5.91 Å². The second kappa shape index (κ2) is 9.93. The molecule has 1 aliphatic heterocycles. The first-order valence-electron chi connectivity index (χ1n) is 9.21. The zero-order chi connectivity index (χ0) is 18.6. The number of nitrogens with zero attached hydrogens (tertiary/aromatic N) is 1. The normalized spacial score (nSPS) is 19.5. The van der Waals surface area contributed by atoms with Crippen molar-refractivity contribution >= 4 is 24.2 Å². The zero-order valence-corrected chi connectivity index (χ0v) is 17.0. The maximum Gasteiger partial charge on any atom is 0.251 e. The number of hydrogen-bond donors (Lipinski definition) is 2. The van der Waals surface area contributed by atoms with Crippen molar-refractivity contribution in [2.24, 2.45) is 17.6 Å². The van der Waals surface area contributed by atoms with Crippen LogP contribution in [0.2, 0.25) is 0 Å². The first-order chi connectivity index (χ1) is 11.8. The van der Waals surface area contributed by atoms with Gasteiger partial charge in [-0.05, 0) is 50.7 Å². The van der Waals surface area contributed by atoms with Crippen LogP contribution in [0, 0.1) is 18.8 Å². The minimum atomic E-state index is -0.513. The highest BCUT2D eigenvalue weighted by Crippen LogP contribution is 2.20. The van der Waals surface area contributed by atoms with Crippen LogP contribution in [-0.4, -0.2) is 41.9 Å². The number of carbonyl (C=O) groups excluding carboxylic acids is 2. The molecule has 0 saturated carbocycles. The molecule has 0 aromatic heterocycles. The number of benzene rings is 1. The molecule has 2 amide bonds. The molecule has 1 heterocycles. The van der Waals surface area contributed by atoms with Crippen LogP contribution < -0.4 is 11.1 Å². The van der Waals surface area contributed by atoms with Crippen molar-refractivity contribution in [3.05, 3.63) is 35.4 Å². The van der Waals surface area contributed by atoms with Gasteiger partial charge in [-0.2, -0.15) is 0 Å².